The van der Waals surface area contributed by atoms with Gasteiger partial charge < -0.3 is 9.16 Å². The molecular formula is C20H28ClF2NO2Si. The fourth-order valence-corrected chi connectivity index (χ4v) is 5.08. The molecule has 1 aliphatic rings. The van der Waals surface area contributed by atoms with Gasteiger partial charge in [-0.2, -0.15) is 5.26 Å². The van der Waals surface area contributed by atoms with E-state index in [1.165, 1.54) is 6.07 Å². The van der Waals surface area contributed by atoms with Crippen LogP contribution in [0, 0.1) is 23.0 Å². The van der Waals surface area contributed by atoms with Crippen LogP contribution < -0.4 is 0 Å². The van der Waals surface area contributed by atoms with E-state index in [9.17, 15) is 14.0 Å². The molecule has 7 heteroatoms. The molecule has 0 aromatic heterocycles. The van der Waals surface area contributed by atoms with Crippen LogP contribution in [-0.4, -0.2) is 14.9 Å². The van der Waals surface area contributed by atoms with E-state index in [2.05, 4.69) is 39.9 Å². The minimum atomic E-state index is -2.25. The van der Waals surface area contributed by atoms with Crippen molar-refractivity contribution in [2.24, 2.45) is 0 Å². The minimum absolute atomic E-state index is 0.0178. The second-order valence-corrected chi connectivity index (χ2v) is 14.3. The van der Waals surface area contributed by atoms with Crippen LogP contribution in [0.15, 0.2) is 6.07 Å². The Bertz CT molecular complexity index is 776. The Kier molecular flexibility index (Phi) is 5.87. The minimum Gasteiger partial charge on any atom is -0.408 e. The van der Waals surface area contributed by atoms with Gasteiger partial charge >= 0.3 is 0 Å². The predicted molar refractivity (Wildman–Crippen MR) is 105 cm³/mol. The van der Waals surface area contributed by atoms with Crippen molar-refractivity contribution < 1.29 is 17.9 Å². The zero-order valence-electron chi connectivity index (χ0n) is 17.1. The zero-order chi connectivity index (χ0) is 20.8. The van der Waals surface area contributed by atoms with Crippen LogP contribution in [0.4, 0.5) is 8.78 Å². The molecule has 27 heavy (non-hydrogen) atoms. The van der Waals surface area contributed by atoms with Gasteiger partial charge in [-0.25, -0.2) is 8.78 Å². The van der Waals surface area contributed by atoms with E-state index in [4.69, 9.17) is 20.8 Å². The fourth-order valence-electron chi connectivity index (χ4n) is 3.18. The summed E-state index contributed by atoms with van der Waals surface area (Å²) in [5.74, 6) is -1.79. The summed E-state index contributed by atoms with van der Waals surface area (Å²) in [7, 11) is -2.25. The summed E-state index contributed by atoms with van der Waals surface area (Å²) < 4.78 is 41.8. The molecule has 0 aliphatic carbocycles. The van der Waals surface area contributed by atoms with E-state index < -0.39 is 36.2 Å². The number of halogens is 3. The molecule has 0 amide bonds. The number of benzene rings is 1. The lowest BCUT2D eigenvalue weighted by molar-refractivity contribution is 0.0453. The second kappa shape index (κ2) is 7.11. The molecule has 0 spiro atoms. The molecule has 1 fully saturated rings. The van der Waals surface area contributed by atoms with Gasteiger partial charge in [0.05, 0.1) is 5.60 Å². The van der Waals surface area contributed by atoms with Gasteiger partial charge in [-0.3, -0.25) is 0 Å². The van der Waals surface area contributed by atoms with Gasteiger partial charge in [-0.15, -0.1) is 0 Å². The van der Waals surface area contributed by atoms with Crippen LogP contribution in [0.3, 0.4) is 0 Å². The van der Waals surface area contributed by atoms with Crippen molar-refractivity contribution >= 4 is 19.9 Å². The van der Waals surface area contributed by atoms with Crippen LogP contribution in [0.5, 0.6) is 0 Å². The Balaban J connectivity index is 2.62. The lowest BCUT2D eigenvalue weighted by Gasteiger charge is -2.43. The third kappa shape index (κ3) is 3.93. The van der Waals surface area contributed by atoms with E-state index in [0.29, 0.717) is 19.4 Å². The monoisotopic (exact) mass is 415 g/mol. The summed E-state index contributed by atoms with van der Waals surface area (Å²) in [4.78, 5) is 0. The lowest BCUT2D eigenvalue weighted by atomic mass is 9.87. The second-order valence-electron chi connectivity index (χ2n) is 9.18. The SMILES string of the molecule is CC(C)(O[Si](C)(C)C(C)(C)C)c1cc(C2(C#N)CCCO2)c(F)c(Cl)c1F. The van der Waals surface area contributed by atoms with E-state index in [1.807, 2.05) is 0 Å². The van der Waals surface area contributed by atoms with Gasteiger partial charge in [-0.05, 0) is 50.9 Å². The Labute approximate surface area is 166 Å². The van der Waals surface area contributed by atoms with Crippen LogP contribution in [0.1, 0.15) is 58.6 Å². The summed E-state index contributed by atoms with van der Waals surface area (Å²) in [5.41, 5.74) is -2.37. The van der Waals surface area contributed by atoms with Crippen molar-refractivity contribution in [1.82, 2.24) is 0 Å². The first-order valence-electron chi connectivity index (χ1n) is 9.12. The molecule has 2 rings (SSSR count). The first-order chi connectivity index (χ1) is 12.2. The molecule has 0 N–H and O–H groups in total. The smallest absolute Gasteiger partial charge is 0.193 e. The average molecular weight is 416 g/mol. The molecule has 1 atom stereocenters. The van der Waals surface area contributed by atoms with Crippen molar-refractivity contribution in [3.05, 3.63) is 33.9 Å². The van der Waals surface area contributed by atoms with Gasteiger partial charge in [0, 0.05) is 17.7 Å². The van der Waals surface area contributed by atoms with Crippen LogP contribution in [0.2, 0.25) is 23.2 Å². The summed E-state index contributed by atoms with van der Waals surface area (Å²) >= 11 is 5.99. The topological polar surface area (TPSA) is 42.2 Å². The standard InChI is InChI=1S/C20H28ClF2NO2Si/c1-18(2,3)27(6,7)26-19(4,5)13-11-14(17(23)15(21)16(13)22)20(12-24)9-8-10-25-20/h11H,8-10H2,1-7H3. The van der Waals surface area contributed by atoms with Gasteiger partial charge in [0.1, 0.15) is 11.1 Å². The van der Waals surface area contributed by atoms with Crippen molar-refractivity contribution in [3.63, 3.8) is 0 Å². The lowest BCUT2D eigenvalue weighted by Crippen LogP contribution is -2.46. The highest BCUT2D eigenvalue weighted by molar-refractivity contribution is 6.74. The molecule has 0 radical (unpaired) electrons. The van der Waals surface area contributed by atoms with Gasteiger partial charge in [0.2, 0.25) is 0 Å². The van der Waals surface area contributed by atoms with Gasteiger partial charge in [0.15, 0.2) is 25.6 Å². The van der Waals surface area contributed by atoms with Crippen LogP contribution in [0.25, 0.3) is 0 Å². The van der Waals surface area contributed by atoms with Crippen molar-refractivity contribution in [2.45, 2.75) is 76.8 Å². The Morgan fingerprint density at radius 3 is 2.26 bits per heavy atom. The van der Waals surface area contributed by atoms with Crippen molar-refractivity contribution in [3.8, 4) is 6.07 Å². The third-order valence-corrected chi connectivity index (χ3v) is 10.7. The van der Waals surface area contributed by atoms with E-state index in [0.717, 1.165) is 0 Å². The maximum absolute atomic E-state index is 15.0. The molecule has 1 saturated heterocycles. The molecule has 1 aromatic rings. The number of hydrogen-bond acceptors (Lipinski definition) is 3. The molecule has 150 valence electrons. The van der Waals surface area contributed by atoms with E-state index in [1.54, 1.807) is 13.8 Å². The maximum Gasteiger partial charge on any atom is 0.193 e. The number of nitrogens with zero attached hydrogens (tertiary/aromatic N) is 1. The maximum atomic E-state index is 15.0. The average Bonchev–Trinajstić information content (AvgIpc) is 3.00. The quantitative estimate of drug-likeness (QED) is 0.421. The van der Waals surface area contributed by atoms with Crippen LogP contribution in [-0.2, 0) is 20.4 Å². The summed E-state index contributed by atoms with van der Waals surface area (Å²) in [6.07, 6.45) is 0.965. The zero-order valence-corrected chi connectivity index (χ0v) is 18.9. The van der Waals surface area contributed by atoms with Gasteiger partial charge in [0.25, 0.3) is 0 Å². The van der Waals surface area contributed by atoms with Crippen molar-refractivity contribution in [1.29, 1.82) is 5.26 Å². The van der Waals surface area contributed by atoms with E-state index in [-0.39, 0.29) is 16.2 Å². The molecule has 0 saturated carbocycles. The third-order valence-electron chi connectivity index (χ3n) is 5.75. The first-order valence-corrected chi connectivity index (χ1v) is 12.4. The number of hydrogen-bond donors (Lipinski definition) is 0. The van der Waals surface area contributed by atoms with Gasteiger partial charge in [-0.1, -0.05) is 32.4 Å². The number of rotatable bonds is 4. The molecule has 0 bridgehead atoms. The largest absolute Gasteiger partial charge is 0.408 e. The van der Waals surface area contributed by atoms with Crippen LogP contribution >= 0.6 is 11.6 Å². The van der Waals surface area contributed by atoms with E-state index >= 15 is 0 Å². The first kappa shape index (κ1) is 22.3. The Hall–Kier alpha value is -1.00. The Morgan fingerprint density at radius 2 is 1.81 bits per heavy atom. The normalized spacial score (nSPS) is 21.4. The molecule has 3 nitrogen and oxygen atoms in total. The fraction of sp³-hybridized carbons (Fsp3) is 0.650. The molecule has 1 aromatic carbocycles. The summed E-state index contributed by atoms with van der Waals surface area (Å²) in [5, 5.41) is 8.93. The molecule has 1 unspecified atom stereocenters. The number of ether oxygens (including phenoxy) is 1. The Morgan fingerprint density at radius 1 is 1.22 bits per heavy atom. The molecule has 1 aliphatic heterocycles. The van der Waals surface area contributed by atoms with Crippen molar-refractivity contribution in [2.75, 3.05) is 6.61 Å². The summed E-state index contributed by atoms with van der Waals surface area (Å²) in [6, 6.07) is 3.42. The highest BCUT2D eigenvalue weighted by Gasteiger charge is 2.45. The molecule has 1 heterocycles. The highest BCUT2D eigenvalue weighted by Crippen LogP contribution is 2.45. The summed E-state index contributed by atoms with van der Waals surface area (Å²) in [6.45, 7) is 14.2. The predicted octanol–water partition coefficient (Wildman–Crippen LogP) is 6.40. The molecular weight excluding hydrogens is 388 g/mol. The highest BCUT2D eigenvalue weighted by atomic mass is 35.5. The number of nitriles is 1.